The van der Waals surface area contributed by atoms with Crippen molar-refractivity contribution in [1.82, 2.24) is 14.8 Å². The molecule has 8 heteroatoms. The van der Waals surface area contributed by atoms with Crippen LogP contribution < -0.4 is 9.47 Å². The van der Waals surface area contributed by atoms with Crippen molar-refractivity contribution in [3.63, 3.8) is 0 Å². The molecule has 0 saturated carbocycles. The number of likely N-dealkylation sites (N-methyl/N-ethyl adjacent to an activating group) is 1. The number of carbonyl (C=O) groups is 2. The molecule has 1 aliphatic rings. The zero-order valence-electron chi connectivity index (χ0n) is 17.5. The summed E-state index contributed by atoms with van der Waals surface area (Å²) in [5.74, 6) is -0.720. The predicted molar refractivity (Wildman–Crippen MR) is 111 cm³/mol. The molecule has 158 valence electrons. The van der Waals surface area contributed by atoms with Crippen LogP contribution in [0.5, 0.6) is 11.5 Å². The molecule has 2 aromatic rings. The lowest BCUT2D eigenvalue weighted by Gasteiger charge is -2.26. The topological polar surface area (TPSA) is 92.2 Å². The van der Waals surface area contributed by atoms with E-state index in [0.717, 1.165) is 0 Å². The second kappa shape index (κ2) is 8.96. The molecule has 0 unspecified atom stereocenters. The van der Waals surface area contributed by atoms with E-state index in [1.807, 2.05) is 19.0 Å². The first-order valence-electron chi connectivity index (χ1n) is 9.44. The van der Waals surface area contributed by atoms with Crippen molar-refractivity contribution in [3.8, 4) is 11.5 Å². The number of Topliss-reactive ketones (excluding diaryl/α,β-unsaturated/α-hetero) is 1. The van der Waals surface area contributed by atoms with Gasteiger partial charge in [-0.05, 0) is 50.0 Å². The van der Waals surface area contributed by atoms with Crippen molar-refractivity contribution in [1.29, 1.82) is 0 Å². The largest absolute Gasteiger partial charge is 0.507 e. The van der Waals surface area contributed by atoms with E-state index < -0.39 is 17.7 Å². The highest BCUT2D eigenvalue weighted by Gasteiger charge is 2.45. The number of nitrogens with zero attached hydrogens (tertiary/aromatic N) is 3. The summed E-state index contributed by atoms with van der Waals surface area (Å²) in [5.41, 5.74) is 1.10. The maximum Gasteiger partial charge on any atom is 0.295 e. The molecule has 1 aromatic heterocycles. The third-order valence-electron chi connectivity index (χ3n) is 5.01. The molecule has 8 nitrogen and oxygen atoms in total. The molecule has 0 spiro atoms. The molecule has 1 aliphatic heterocycles. The number of hydrogen-bond donors (Lipinski definition) is 1. The van der Waals surface area contributed by atoms with Crippen LogP contribution in [0.3, 0.4) is 0 Å². The minimum absolute atomic E-state index is 0.0391. The number of aliphatic hydroxyl groups excluding tert-OH is 1. The minimum atomic E-state index is -0.720. The number of hydrogen-bond acceptors (Lipinski definition) is 7. The number of methoxy groups -OCH3 is 2. The summed E-state index contributed by atoms with van der Waals surface area (Å²) in [7, 11) is 6.78. The fourth-order valence-corrected chi connectivity index (χ4v) is 3.45. The summed E-state index contributed by atoms with van der Waals surface area (Å²) in [6.45, 7) is 0.915. The summed E-state index contributed by atoms with van der Waals surface area (Å²) >= 11 is 0. The van der Waals surface area contributed by atoms with Gasteiger partial charge in [0.15, 0.2) is 11.5 Å². The molecule has 1 atom stereocenters. The average molecular weight is 411 g/mol. The van der Waals surface area contributed by atoms with Crippen LogP contribution >= 0.6 is 0 Å². The van der Waals surface area contributed by atoms with Gasteiger partial charge in [-0.25, -0.2) is 0 Å². The van der Waals surface area contributed by atoms with Crippen LogP contribution in [-0.2, 0) is 9.59 Å². The minimum Gasteiger partial charge on any atom is -0.507 e. The van der Waals surface area contributed by atoms with Gasteiger partial charge >= 0.3 is 0 Å². The molecule has 2 heterocycles. The summed E-state index contributed by atoms with van der Waals surface area (Å²) in [4.78, 5) is 33.2. The number of rotatable bonds is 7. The molecule has 3 rings (SSSR count). The van der Waals surface area contributed by atoms with Gasteiger partial charge in [-0.3, -0.25) is 14.6 Å². The van der Waals surface area contributed by atoms with Gasteiger partial charge in [0.1, 0.15) is 5.76 Å². The second-order valence-corrected chi connectivity index (χ2v) is 7.15. The van der Waals surface area contributed by atoms with Crippen LogP contribution in [-0.4, -0.2) is 73.0 Å². The lowest BCUT2D eigenvalue weighted by molar-refractivity contribution is -0.140. The Labute approximate surface area is 175 Å². The normalized spacial score (nSPS) is 18.2. The number of pyridine rings is 1. The summed E-state index contributed by atoms with van der Waals surface area (Å²) < 4.78 is 10.5. The second-order valence-electron chi connectivity index (χ2n) is 7.15. The molecular weight excluding hydrogens is 386 g/mol. The fraction of sp³-hybridized carbons (Fsp3) is 0.318. The van der Waals surface area contributed by atoms with Crippen LogP contribution in [0.2, 0.25) is 0 Å². The van der Waals surface area contributed by atoms with Gasteiger partial charge in [0.25, 0.3) is 11.7 Å². The Morgan fingerprint density at radius 2 is 1.77 bits per heavy atom. The Bertz CT molecular complexity index is 972. The summed E-state index contributed by atoms with van der Waals surface area (Å²) in [6, 6.07) is 7.60. The Morgan fingerprint density at radius 3 is 2.37 bits per heavy atom. The molecule has 1 saturated heterocycles. The Balaban J connectivity index is 2.14. The van der Waals surface area contributed by atoms with Gasteiger partial charge in [-0.1, -0.05) is 0 Å². The van der Waals surface area contributed by atoms with Crippen molar-refractivity contribution >= 4 is 17.4 Å². The predicted octanol–water partition coefficient (Wildman–Crippen LogP) is 2.08. The third-order valence-corrected chi connectivity index (χ3v) is 5.01. The van der Waals surface area contributed by atoms with Crippen molar-refractivity contribution in [2.24, 2.45) is 0 Å². The van der Waals surface area contributed by atoms with Crippen LogP contribution in [0.25, 0.3) is 5.76 Å². The third kappa shape index (κ3) is 3.99. The first-order valence-corrected chi connectivity index (χ1v) is 9.44. The Hall–Kier alpha value is -3.39. The lowest BCUT2D eigenvalue weighted by Crippen LogP contribution is -2.35. The van der Waals surface area contributed by atoms with Crippen molar-refractivity contribution in [2.45, 2.75) is 6.04 Å². The van der Waals surface area contributed by atoms with Crippen LogP contribution in [0.1, 0.15) is 17.2 Å². The summed E-state index contributed by atoms with van der Waals surface area (Å²) in [6.07, 6.45) is 3.19. The molecule has 0 bridgehead atoms. The number of amides is 1. The fourth-order valence-electron chi connectivity index (χ4n) is 3.45. The quantitative estimate of drug-likeness (QED) is 0.424. The van der Waals surface area contributed by atoms with E-state index in [-0.39, 0.29) is 11.3 Å². The number of ketones is 1. The number of carbonyl (C=O) groups excluding carboxylic acids is 2. The number of likely N-dealkylation sites (tertiary alicyclic amines) is 1. The maximum atomic E-state index is 12.9. The maximum absolute atomic E-state index is 12.9. The number of aliphatic hydroxyl groups is 1. The molecule has 1 aromatic carbocycles. The van der Waals surface area contributed by atoms with E-state index in [1.54, 1.807) is 42.7 Å². The smallest absolute Gasteiger partial charge is 0.295 e. The highest BCUT2D eigenvalue weighted by Crippen LogP contribution is 2.40. The van der Waals surface area contributed by atoms with Gasteiger partial charge in [0, 0.05) is 31.0 Å². The van der Waals surface area contributed by atoms with E-state index in [2.05, 4.69) is 4.98 Å². The van der Waals surface area contributed by atoms with Crippen molar-refractivity contribution in [2.75, 3.05) is 41.4 Å². The van der Waals surface area contributed by atoms with Gasteiger partial charge in [0.2, 0.25) is 0 Å². The first kappa shape index (κ1) is 21.3. The Morgan fingerprint density at radius 1 is 1.10 bits per heavy atom. The average Bonchev–Trinajstić information content (AvgIpc) is 3.01. The highest BCUT2D eigenvalue weighted by molar-refractivity contribution is 6.46. The molecular formula is C22H25N3O5. The molecule has 30 heavy (non-hydrogen) atoms. The monoisotopic (exact) mass is 411 g/mol. The van der Waals surface area contributed by atoms with E-state index in [4.69, 9.17) is 9.47 Å². The molecule has 0 aliphatic carbocycles. The number of ether oxygens (including phenoxy) is 2. The molecule has 0 radical (unpaired) electrons. The molecule has 1 amide bonds. The van der Waals surface area contributed by atoms with Gasteiger partial charge in [-0.2, -0.15) is 0 Å². The number of benzene rings is 1. The number of aromatic nitrogens is 1. The van der Waals surface area contributed by atoms with Gasteiger partial charge in [-0.15, -0.1) is 0 Å². The summed E-state index contributed by atoms with van der Waals surface area (Å²) in [5, 5.41) is 11.1. The van der Waals surface area contributed by atoms with Crippen LogP contribution in [0, 0.1) is 0 Å². The van der Waals surface area contributed by atoms with E-state index in [1.165, 1.54) is 19.1 Å². The van der Waals surface area contributed by atoms with E-state index >= 15 is 0 Å². The zero-order chi connectivity index (χ0) is 21.8. The van der Waals surface area contributed by atoms with Crippen LogP contribution in [0.4, 0.5) is 0 Å². The van der Waals surface area contributed by atoms with E-state index in [0.29, 0.717) is 35.7 Å². The molecule has 1 fully saturated rings. The zero-order valence-corrected chi connectivity index (χ0v) is 17.5. The van der Waals surface area contributed by atoms with Gasteiger partial charge in [0.05, 0.1) is 25.8 Å². The van der Waals surface area contributed by atoms with E-state index in [9.17, 15) is 14.7 Å². The lowest BCUT2D eigenvalue weighted by atomic mass is 9.96. The van der Waals surface area contributed by atoms with Crippen LogP contribution in [0.15, 0.2) is 48.3 Å². The first-order chi connectivity index (χ1) is 14.4. The van der Waals surface area contributed by atoms with Crippen molar-refractivity contribution < 1.29 is 24.2 Å². The standard InChI is InChI=1S/C22H25N3O5/c1-24(2)11-12-25-19(14-7-9-23-10-8-14)18(21(27)22(25)28)20(26)15-5-6-16(29-3)17(13-15)30-4/h5-10,13,19,26H,11-12H2,1-4H3/t19-/m1/s1. The van der Waals surface area contributed by atoms with Crippen molar-refractivity contribution in [3.05, 3.63) is 59.4 Å². The Kier molecular flexibility index (Phi) is 6.37. The highest BCUT2D eigenvalue weighted by atomic mass is 16.5. The van der Waals surface area contributed by atoms with Gasteiger partial charge < -0.3 is 24.4 Å². The molecule has 1 N–H and O–H groups in total. The SMILES string of the molecule is COc1ccc(C(O)=C2C(=O)C(=O)N(CCN(C)C)[C@@H]2c2ccncc2)cc1OC.